The van der Waals surface area contributed by atoms with Crippen molar-refractivity contribution in [1.82, 2.24) is 0 Å². The Morgan fingerprint density at radius 3 is 1.60 bits per heavy atom. The van der Waals surface area contributed by atoms with Crippen molar-refractivity contribution in [2.75, 3.05) is 5.88 Å². The van der Waals surface area contributed by atoms with Crippen LogP contribution in [0.15, 0.2) is 0 Å². The first-order chi connectivity index (χ1) is 2.27. The van der Waals surface area contributed by atoms with Crippen LogP contribution in [0, 0.1) is 0 Å². The average Bonchev–Trinajstić information content (AvgIpc) is 1.38. The first-order valence-electron chi connectivity index (χ1n) is 1.11. The molecule has 0 spiro atoms. The van der Waals surface area contributed by atoms with E-state index in [0.29, 0.717) is 5.88 Å². The fraction of sp³-hybridized carbons (Fsp3) is 1.00. The van der Waals surface area contributed by atoms with Crippen LogP contribution in [0.5, 0.6) is 0 Å². The summed E-state index contributed by atoms with van der Waals surface area (Å²) in [5.74, 6) is 0.309. The number of hydrogen-bond acceptors (Lipinski definition) is 0. The van der Waals surface area contributed by atoms with Gasteiger partial charge < -0.3 is 0 Å². The lowest BCUT2D eigenvalue weighted by Crippen LogP contribution is -1.82. The lowest BCUT2D eigenvalue weighted by Gasteiger charge is -1.82. The van der Waals surface area contributed by atoms with Crippen LogP contribution in [0.2, 0.25) is 0 Å². The van der Waals surface area contributed by atoms with Gasteiger partial charge in [-0.15, -0.1) is 34.8 Å². The lowest BCUT2D eigenvalue weighted by atomic mass is 11.3. The summed E-state index contributed by atoms with van der Waals surface area (Å²) >= 11 is 15.3. The SMILES string of the molecule is ClC[13CH](Cl)Cl. The van der Waals surface area contributed by atoms with Crippen molar-refractivity contribution < 1.29 is 0 Å². The van der Waals surface area contributed by atoms with Crippen molar-refractivity contribution in [3.63, 3.8) is 0 Å². The van der Waals surface area contributed by atoms with E-state index in [0.717, 1.165) is 0 Å². The Balaban J connectivity index is 2.54. The van der Waals surface area contributed by atoms with Gasteiger partial charge in [0.25, 0.3) is 0 Å². The first-order valence-corrected chi connectivity index (χ1v) is 2.52. The van der Waals surface area contributed by atoms with E-state index in [1.165, 1.54) is 0 Å². The highest BCUT2D eigenvalue weighted by molar-refractivity contribution is 6.47. The molecular weight excluding hydrogens is 131 g/mol. The number of halogens is 3. The van der Waals surface area contributed by atoms with Crippen LogP contribution < -0.4 is 0 Å². The lowest BCUT2D eigenvalue weighted by molar-refractivity contribution is 1.40. The van der Waals surface area contributed by atoms with Crippen molar-refractivity contribution in [3.05, 3.63) is 0 Å². The van der Waals surface area contributed by atoms with Crippen LogP contribution >= 0.6 is 34.8 Å². The van der Waals surface area contributed by atoms with Crippen molar-refractivity contribution in [3.8, 4) is 0 Å². The molecule has 0 aromatic heterocycles. The molecule has 0 aliphatic rings. The Bertz CT molecular complexity index is 18.9. The molecule has 0 aromatic carbocycles. The van der Waals surface area contributed by atoms with Gasteiger partial charge in [-0.25, -0.2) is 0 Å². The highest BCUT2D eigenvalue weighted by Crippen LogP contribution is 2.01. The maximum Gasteiger partial charge on any atom is 0.121 e. The standard InChI is InChI=1S/C2H3Cl3/c3-1-2(4)5/h2H,1H2/i2+1. The first kappa shape index (κ1) is 5.87. The van der Waals surface area contributed by atoms with Gasteiger partial charge in [-0.05, 0) is 0 Å². The van der Waals surface area contributed by atoms with E-state index < -0.39 is 4.84 Å². The van der Waals surface area contributed by atoms with E-state index in [4.69, 9.17) is 34.8 Å². The second-order valence-corrected chi connectivity index (χ2v) is 2.13. The minimum Gasteiger partial charge on any atom is -0.124 e. The van der Waals surface area contributed by atoms with Gasteiger partial charge in [0.15, 0.2) is 0 Å². The number of alkyl halides is 3. The predicted molar refractivity (Wildman–Crippen MR) is 26.2 cm³/mol. The van der Waals surface area contributed by atoms with Crippen LogP contribution in [0.25, 0.3) is 0 Å². The quantitative estimate of drug-likeness (QED) is 0.380. The molecule has 0 saturated heterocycles. The number of rotatable bonds is 1. The third kappa shape index (κ3) is 4.87. The van der Waals surface area contributed by atoms with Gasteiger partial charge in [-0.2, -0.15) is 0 Å². The number of hydrogen-bond donors (Lipinski definition) is 0. The third-order valence-corrected chi connectivity index (χ3v) is 1.05. The van der Waals surface area contributed by atoms with Crippen molar-refractivity contribution in [1.29, 1.82) is 0 Å². The Hall–Kier alpha value is 0.870. The molecule has 0 atom stereocenters. The molecule has 0 N–H and O–H groups in total. The summed E-state index contributed by atoms with van der Waals surface area (Å²) in [5.41, 5.74) is 0. The smallest absolute Gasteiger partial charge is 0.121 e. The molecule has 0 radical (unpaired) electrons. The van der Waals surface area contributed by atoms with Gasteiger partial charge in [0.05, 0.1) is 5.88 Å². The van der Waals surface area contributed by atoms with Crippen molar-refractivity contribution in [2.45, 2.75) is 4.84 Å². The molecule has 0 amide bonds. The van der Waals surface area contributed by atoms with Crippen LogP contribution in [0.4, 0.5) is 0 Å². The third-order valence-electron chi connectivity index (χ3n) is 0.117. The zero-order valence-electron chi connectivity index (χ0n) is 2.42. The van der Waals surface area contributed by atoms with Gasteiger partial charge in [-0.3, -0.25) is 0 Å². The topological polar surface area (TPSA) is 0 Å². The molecule has 0 aliphatic carbocycles. The second kappa shape index (κ2) is 3.08. The van der Waals surface area contributed by atoms with Crippen LogP contribution in [0.3, 0.4) is 0 Å². The maximum absolute atomic E-state index is 5.10. The molecular formula is C2H3Cl3. The molecule has 0 aromatic rings. The molecule has 5 heavy (non-hydrogen) atoms. The summed E-state index contributed by atoms with van der Waals surface area (Å²) in [6.45, 7) is 0. The molecule has 0 unspecified atom stereocenters. The molecule has 32 valence electrons. The molecule has 0 heterocycles. The Morgan fingerprint density at radius 1 is 1.40 bits per heavy atom. The Kier molecular flexibility index (Phi) is 3.61. The van der Waals surface area contributed by atoms with E-state index in [1.807, 2.05) is 0 Å². The monoisotopic (exact) mass is 133 g/mol. The zero-order valence-corrected chi connectivity index (χ0v) is 4.69. The summed E-state index contributed by atoms with van der Waals surface area (Å²) in [6, 6.07) is 0. The summed E-state index contributed by atoms with van der Waals surface area (Å²) < 4.78 is 0. The van der Waals surface area contributed by atoms with Crippen LogP contribution in [-0.2, 0) is 0 Å². The summed E-state index contributed by atoms with van der Waals surface area (Å²) in [4.78, 5) is -0.406. The molecule has 0 fully saturated rings. The fourth-order valence-electron chi connectivity index (χ4n) is 0. The van der Waals surface area contributed by atoms with Gasteiger partial charge in [-0.1, -0.05) is 0 Å². The van der Waals surface area contributed by atoms with Crippen LogP contribution in [0.1, 0.15) is 0 Å². The van der Waals surface area contributed by atoms with E-state index in [2.05, 4.69) is 0 Å². The highest BCUT2D eigenvalue weighted by Gasteiger charge is 1.88. The van der Waals surface area contributed by atoms with Crippen molar-refractivity contribution in [2.24, 2.45) is 0 Å². The molecule has 0 bridgehead atoms. The molecule has 0 nitrogen and oxygen atoms in total. The van der Waals surface area contributed by atoms with Gasteiger partial charge in [0.1, 0.15) is 4.84 Å². The summed E-state index contributed by atoms with van der Waals surface area (Å²) in [5, 5.41) is 0. The van der Waals surface area contributed by atoms with E-state index in [1.54, 1.807) is 0 Å². The van der Waals surface area contributed by atoms with Gasteiger partial charge in [0.2, 0.25) is 0 Å². The Labute approximate surface area is 46.0 Å². The maximum atomic E-state index is 5.10. The zero-order chi connectivity index (χ0) is 4.28. The second-order valence-electron chi connectivity index (χ2n) is 0.545. The van der Waals surface area contributed by atoms with E-state index in [9.17, 15) is 0 Å². The minimum absolute atomic E-state index is 0.309. The molecule has 3 heteroatoms. The van der Waals surface area contributed by atoms with Gasteiger partial charge in [0, 0.05) is 0 Å². The average molecular weight is 134 g/mol. The molecule has 0 saturated carbocycles. The fourth-order valence-corrected chi connectivity index (χ4v) is 0. The largest absolute Gasteiger partial charge is 0.124 e. The summed E-state index contributed by atoms with van der Waals surface area (Å²) in [7, 11) is 0. The predicted octanol–water partition coefficient (Wildman–Crippen LogP) is 2.03. The molecule has 0 rings (SSSR count). The van der Waals surface area contributed by atoms with E-state index in [-0.39, 0.29) is 0 Å². The normalized spacial score (nSPS) is 9.60. The molecule has 0 aliphatic heterocycles. The Morgan fingerprint density at radius 2 is 1.60 bits per heavy atom. The van der Waals surface area contributed by atoms with E-state index >= 15 is 0 Å². The van der Waals surface area contributed by atoms with Gasteiger partial charge >= 0.3 is 0 Å². The minimum atomic E-state index is -0.406. The van der Waals surface area contributed by atoms with Crippen LogP contribution in [-0.4, -0.2) is 10.7 Å². The van der Waals surface area contributed by atoms with Crippen molar-refractivity contribution >= 4 is 34.8 Å². The summed E-state index contributed by atoms with van der Waals surface area (Å²) in [6.07, 6.45) is 0. The highest BCUT2D eigenvalue weighted by atomic mass is 35.5.